The van der Waals surface area contributed by atoms with Crippen LogP contribution in [0.1, 0.15) is 11.1 Å². The molecule has 0 atom stereocenters. The first-order chi connectivity index (χ1) is 9.82. The Morgan fingerprint density at radius 3 is 2.43 bits per heavy atom. The van der Waals surface area contributed by atoms with Crippen molar-refractivity contribution < 1.29 is 18.1 Å². The van der Waals surface area contributed by atoms with Crippen molar-refractivity contribution in [3.63, 3.8) is 0 Å². The fourth-order valence-electron chi connectivity index (χ4n) is 1.85. The molecule has 0 radical (unpaired) electrons. The Morgan fingerprint density at radius 2 is 1.86 bits per heavy atom. The summed E-state index contributed by atoms with van der Waals surface area (Å²) in [6.45, 7) is 0. The quantitative estimate of drug-likeness (QED) is 0.616. The van der Waals surface area contributed by atoms with Crippen LogP contribution in [0.3, 0.4) is 0 Å². The molecule has 0 spiro atoms. The molecule has 0 heterocycles. The van der Waals surface area contributed by atoms with Gasteiger partial charge in [0.2, 0.25) is 0 Å². The van der Waals surface area contributed by atoms with Gasteiger partial charge in [-0.15, -0.1) is 0 Å². The van der Waals surface area contributed by atoms with E-state index in [4.69, 9.17) is 5.26 Å². The first-order valence-electron chi connectivity index (χ1n) is 5.69. The normalized spacial score (nSPS) is 11.0. The molecule has 7 heteroatoms. The number of hydrogen-bond donors (Lipinski definition) is 0. The van der Waals surface area contributed by atoms with Gasteiger partial charge in [-0.2, -0.15) is 18.4 Å². The Hall–Kier alpha value is -2.88. The molecule has 2 rings (SSSR count). The summed E-state index contributed by atoms with van der Waals surface area (Å²) in [6, 6.07) is 9.68. The highest BCUT2D eigenvalue weighted by Gasteiger charge is 2.30. The molecule has 0 saturated heterocycles. The third-order valence-corrected chi connectivity index (χ3v) is 2.84. The van der Waals surface area contributed by atoms with E-state index >= 15 is 0 Å². The molecule has 0 aromatic heterocycles. The summed E-state index contributed by atoms with van der Waals surface area (Å²) in [6.07, 6.45) is -4.50. The second kappa shape index (κ2) is 5.25. The zero-order valence-electron chi connectivity index (χ0n) is 10.4. The monoisotopic (exact) mass is 292 g/mol. The Kier molecular flexibility index (Phi) is 3.63. The van der Waals surface area contributed by atoms with Gasteiger partial charge in [0.15, 0.2) is 0 Å². The standard InChI is InChI=1S/C14H7F3N2O2/c15-14(16,17)11-3-1-2-9(6-11)13-5-4-12(19(20)21)7-10(13)8-18/h1-7H. The van der Waals surface area contributed by atoms with Crippen LogP contribution in [0, 0.1) is 21.4 Å². The van der Waals surface area contributed by atoms with Gasteiger partial charge < -0.3 is 0 Å². The number of benzene rings is 2. The lowest BCUT2D eigenvalue weighted by atomic mass is 9.98. The van der Waals surface area contributed by atoms with Crippen LogP contribution in [0.4, 0.5) is 18.9 Å². The first kappa shape index (κ1) is 14.5. The molecular weight excluding hydrogens is 285 g/mol. The number of alkyl halides is 3. The summed E-state index contributed by atoms with van der Waals surface area (Å²) in [5, 5.41) is 19.7. The summed E-state index contributed by atoms with van der Waals surface area (Å²) in [5.41, 5.74) is -0.793. The lowest BCUT2D eigenvalue weighted by Crippen LogP contribution is -2.04. The highest BCUT2D eigenvalue weighted by Crippen LogP contribution is 2.33. The topological polar surface area (TPSA) is 66.9 Å². The van der Waals surface area contributed by atoms with Crippen LogP contribution in [0.15, 0.2) is 42.5 Å². The zero-order valence-corrected chi connectivity index (χ0v) is 10.4. The van der Waals surface area contributed by atoms with Gasteiger partial charge >= 0.3 is 6.18 Å². The fraction of sp³-hybridized carbons (Fsp3) is 0.0714. The van der Waals surface area contributed by atoms with Crippen LogP contribution in [0.25, 0.3) is 11.1 Å². The summed E-state index contributed by atoms with van der Waals surface area (Å²) < 4.78 is 38.0. The maximum atomic E-state index is 12.7. The third kappa shape index (κ3) is 3.00. The van der Waals surface area contributed by atoms with Crippen molar-refractivity contribution in [2.75, 3.05) is 0 Å². The number of rotatable bonds is 2. The lowest BCUT2D eigenvalue weighted by Gasteiger charge is -2.09. The van der Waals surface area contributed by atoms with E-state index in [1.807, 2.05) is 0 Å². The smallest absolute Gasteiger partial charge is 0.258 e. The summed E-state index contributed by atoms with van der Waals surface area (Å²) in [7, 11) is 0. The predicted octanol–water partition coefficient (Wildman–Crippen LogP) is 4.15. The van der Waals surface area contributed by atoms with Gasteiger partial charge in [-0.1, -0.05) is 12.1 Å². The molecule has 0 aliphatic rings. The first-order valence-corrected chi connectivity index (χ1v) is 5.69. The number of nitriles is 1. The molecule has 0 fully saturated rings. The molecule has 0 aliphatic heterocycles. The second-order valence-corrected chi connectivity index (χ2v) is 4.18. The summed E-state index contributed by atoms with van der Waals surface area (Å²) >= 11 is 0. The van der Waals surface area contributed by atoms with Gasteiger partial charge in [0.05, 0.1) is 16.1 Å². The molecule has 0 saturated carbocycles. The van der Waals surface area contributed by atoms with Crippen LogP contribution in [-0.4, -0.2) is 4.92 Å². The molecule has 0 aliphatic carbocycles. The van der Waals surface area contributed by atoms with Crippen LogP contribution < -0.4 is 0 Å². The largest absolute Gasteiger partial charge is 0.416 e. The summed E-state index contributed by atoms with van der Waals surface area (Å²) in [5.74, 6) is 0. The Morgan fingerprint density at radius 1 is 1.14 bits per heavy atom. The molecule has 0 bridgehead atoms. The Bertz CT molecular complexity index is 749. The van der Waals surface area contributed by atoms with Crippen molar-refractivity contribution in [1.29, 1.82) is 5.26 Å². The molecular formula is C14H7F3N2O2. The minimum atomic E-state index is -4.50. The minimum Gasteiger partial charge on any atom is -0.258 e. The van der Waals surface area contributed by atoms with Crippen molar-refractivity contribution in [1.82, 2.24) is 0 Å². The number of non-ortho nitro benzene ring substituents is 1. The number of halogens is 3. The molecule has 0 unspecified atom stereocenters. The number of nitrogens with zero attached hydrogens (tertiary/aromatic N) is 2. The van der Waals surface area contributed by atoms with E-state index in [1.54, 1.807) is 6.07 Å². The van der Waals surface area contributed by atoms with E-state index in [1.165, 1.54) is 18.2 Å². The third-order valence-electron chi connectivity index (χ3n) is 2.84. The van der Waals surface area contributed by atoms with Gasteiger partial charge in [-0.3, -0.25) is 10.1 Å². The highest BCUT2D eigenvalue weighted by molar-refractivity contribution is 5.72. The van der Waals surface area contributed by atoms with Crippen LogP contribution >= 0.6 is 0 Å². The molecule has 2 aromatic rings. The zero-order chi connectivity index (χ0) is 15.6. The molecule has 106 valence electrons. The van der Waals surface area contributed by atoms with Crippen molar-refractivity contribution in [2.24, 2.45) is 0 Å². The molecule has 4 nitrogen and oxygen atoms in total. The highest BCUT2D eigenvalue weighted by atomic mass is 19.4. The van der Waals surface area contributed by atoms with Gasteiger partial charge in [0.1, 0.15) is 6.07 Å². The fourth-order valence-corrected chi connectivity index (χ4v) is 1.85. The van der Waals surface area contributed by atoms with Crippen LogP contribution in [0.2, 0.25) is 0 Å². The Labute approximate surface area is 117 Å². The minimum absolute atomic E-state index is 0.0523. The van der Waals surface area contributed by atoms with Crippen molar-refractivity contribution in [3.8, 4) is 17.2 Å². The summed E-state index contributed by atoms with van der Waals surface area (Å²) in [4.78, 5) is 9.98. The molecule has 0 N–H and O–H groups in total. The number of hydrogen-bond acceptors (Lipinski definition) is 3. The van der Waals surface area contributed by atoms with E-state index in [9.17, 15) is 23.3 Å². The average molecular weight is 292 g/mol. The molecule has 21 heavy (non-hydrogen) atoms. The van der Waals surface area contributed by atoms with Crippen LogP contribution in [-0.2, 0) is 6.18 Å². The molecule has 2 aromatic carbocycles. The van der Waals surface area contributed by atoms with Crippen molar-refractivity contribution in [3.05, 3.63) is 63.7 Å². The van der Waals surface area contributed by atoms with E-state index < -0.39 is 16.7 Å². The number of nitro benzene ring substituents is 1. The van der Waals surface area contributed by atoms with E-state index in [0.717, 1.165) is 24.3 Å². The van der Waals surface area contributed by atoms with Crippen molar-refractivity contribution >= 4 is 5.69 Å². The van der Waals surface area contributed by atoms with Gasteiger partial charge in [0, 0.05) is 12.1 Å². The SMILES string of the molecule is N#Cc1cc([N+](=O)[O-])ccc1-c1cccc(C(F)(F)F)c1. The maximum Gasteiger partial charge on any atom is 0.416 e. The second-order valence-electron chi connectivity index (χ2n) is 4.18. The van der Waals surface area contributed by atoms with E-state index in [0.29, 0.717) is 0 Å². The van der Waals surface area contributed by atoms with Gasteiger partial charge in [-0.25, -0.2) is 0 Å². The molecule has 0 amide bonds. The Balaban J connectivity index is 2.57. The van der Waals surface area contributed by atoms with E-state index in [2.05, 4.69) is 0 Å². The van der Waals surface area contributed by atoms with Crippen LogP contribution in [0.5, 0.6) is 0 Å². The van der Waals surface area contributed by atoms with Gasteiger partial charge in [-0.05, 0) is 29.3 Å². The van der Waals surface area contributed by atoms with Crippen molar-refractivity contribution in [2.45, 2.75) is 6.18 Å². The number of nitro groups is 1. The van der Waals surface area contributed by atoms with E-state index in [-0.39, 0.29) is 22.4 Å². The lowest BCUT2D eigenvalue weighted by molar-refractivity contribution is -0.384. The maximum absolute atomic E-state index is 12.7. The van der Waals surface area contributed by atoms with Gasteiger partial charge in [0.25, 0.3) is 5.69 Å². The average Bonchev–Trinajstić information content (AvgIpc) is 2.45. The predicted molar refractivity (Wildman–Crippen MR) is 68.2 cm³/mol.